The van der Waals surface area contributed by atoms with E-state index in [1.54, 1.807) is 0 Å². The first-order valence-electron chi connectivity index (χ1n) is 8.61. The predicted octanol–water partition coefficient (Wildman–Crippen LogP) is 2.96. The van der Waals surface area contributed by atoms with Gasteiger partial charge in [-0.15, -0.1) is 0 Å². The molecule has 1 aromatic carbocycles. The van der Waals surface area contributed by atoms with E-state index in [0.717, 1.165) is 37.8 Å². The molecule has 0 bridgehead atoms. The van der Waals surface area contributed by atoms with E-state index in [1.165, 1.54) is 0 Å². The molecular weight excluding hydrogens is 304 g/mol. The number of aryl methyl sites for hydroxylation is 1. The molecule has 3 rings (SSSR count). The maximum absolute atomic E-state index is 12.7. The van der Waals surface area contributed by atoms with Crippen molar-refractivity contribution in [1.29, 1.82) is 0 Å². The van der Waals surface area contributed by atoms with Crippen molar-refractivity contribution in [1.82, 2.24) is 9.88 Å². The molecule has 5 nitrogen and oxygen atoms in total. The van der Waals surface area contributed by atoms with Crippen molar-refractivity contribution in [2.75, 3.05) is 13.2 Å². The molecule has 0 spiro atoms. The first kappa shape index (κ1) is 16.7. The van der Waals surface area contributed by atoms with Gasteiger partial charge >= 0.3 is 0 Å². The van der Waals surface area contributed by atoms with Gasteiger partial charge in [-0.25, -0.2) is 4.98 Å². The highest BCUT2D eigenvalue weighted by atomic mass is 16.4. The van der Waals surface area contributed by atoms with Crippen LogP contribution in [0.1, 0.15) is 37.1 Å². The summed E-state index contributed by atoms with van der Waals surface area (Å²) < 4.78 is 5.74. The van der Waals surface area contributed by atoms with Crippen LogP contribution in [0.15, 0.2) is 34.7 Å². The Morgan fingerprint density at radius 3 is 2.92 bits per heavy atom. The van der Waals surface area contributed by atoms with Crippen LogP contribution in [0, 0.1) is 6.92 Å². The standard InChI is InChI=1S/C19H24N2O3/c1-14-17(20-19(24-14)15-7-3-2-4-8-15)13-18(23)21-11-5-9-16(21)10-6-12-22/h2-4,7-8,16,22H,5-6,9-13H2,1H3. The molecule has 1 aromatic heterocycles. The topological polar surface area (TPSA) is 66.6 Å². The molecular formula is C19H24N2O3. The van der Waals surface area contributed by atoms with Crippen LogP contribution in [0.5, 0.6) is 0 Å². The molecule has 1 saturated heterocycles. The monoisotopic (exact) mass is 328 g/mol. The van der Waals surface area contributed by atoms with Gasteiger partial charge < -0.3 is 14.4 Å². The Morgan fingerprint density at radius 2 is 2.17 bits per heavy atom. The van der Waals surface area contributed by atoms with Crippen LogP contribution in [0.25, 0.3) is 11.5 Å². The van der Waals surface area contributed by atoms with E-state index in [-0.39, 0.29) is 25.0 Å². The van der Waals surface area contributed by atoms with Crippen molar-refractivity contribution in [2.24, 2.45) is 0 Å². The highest BCUT2D eigenvalue weighted by Crippen LogP contribution is 2.25. The molecule has 0 aliphatic carbocycles. The van der Waals surface area contributed by atoms with Crippen LogP contribution in [0.4, 0.5) is 0 Å². The number of likely N-dealkylation sites (tertiary alicyclic amines) is 1. The Kier molecular flexibility index (Phi) is 5.30. The van der Waals surface area contributed by atoms with Crippen LogP contribution in [0.3, 0.4) is 0 Å². The Hall–Kier alpha value is -2.14. The Balaban J connectivity index is 1.69. The molecule has 0 radical (unpaired) electrons. The number of hydrogen-bond acceptors (Lipinski definition) is 4. The second kappa shape index (κ2) is 7.62. The number of amides is 1. The molecule has 128 valence electrons. The lowest BCUT2D eigenvalue weighted by atomic mass is 10.1. The van der Waals surface area contributed by atoms with Crippen molar-refractivity contribution in [3.63, 3.8) is 0 Å². The van der Waals surface area contributed by atoms with Gasteiger partial charge in [0.25, 0.3) is 0 Å². The van der Waals surface area contributed by atoms with Crippen molar-refractivity contribution >= 4 is 5.91 Å². The molecule has 2 heterocycles. The molecule has 1 aliphatic rings. The minimum atomic E-state index is 0.103. The van der Waals surface area contributed by atoms with Crippen molar-refractivity contribution < 1.29 is 14.3 Å². The second-order valence-electron chi connectivity index (χ2n) is 6.31. The fraction of sp³-hybridized carbons (Fsp3) is 0.474. The van der Waals surface area contributed by atoms with Gasteiger partial charge in [-0.05, 0) is 44.7 Å². The number of carbonyl (C=O) groups is 1. The number of aliphatic hydroxyl groups is 1. The van der Waals surface area contributed by atoms with Gasteiger partial charge in [-0.3, -0.25) is 4.79 Å². The molecule has 1 unspecified atom stereocenters. The van der Waals surface area contributed by atoms with Crippen LogP contribution in [-0.4, -0.2) is 40.1 Å². The Labute approximate surface area is 142 Å². The smallest absolute Gasteiger partial charge is 0.228 e. The first-order valence-corrected chi connectivity index (χ1v) is 8.61. The van der Waals surface area contributed by atoms with Gasteiger partial charge in [0.2, 0.25) is 11.8 Å². The zero-order chi connectivity index (χ0) is 16.9. The lowest BCUT2D eigenvalue weighted by molar-refractivity contribution is -0.131. The fourth-order valence-electron chi connectivity index (χ4n) is 3.33. The van der Waals surface area contributed by atoms with Crippen molar-refractivity contribution in [3.05, 3.63) is 41.8 Å². The average Bonchev–Trinajstić information content (AvgIpc) is 3.21. The van der Waals surface area contributed by atoms with Crippen LogP contribution in [0.2, 0.25) is 0 Å². The van der Waals surface area contributed by atoms with Crippen LogP contribution in [-0.2, 0) is 11.2 Å². The first-order chi connectivity index (χ1) is 11.7. The number of oxazole rings is 1. The quantitative estimate of drug-likeness (QED) is 0.885. The lowest BCUT2D eigenvalue weighted by Gasteiger charge is -2.24. The molecule has 1 N–H and O–H groups in total. The SMILES string of the molecule is Cc1oc(-c2ccccc2)nc1CC(=O)N1CCCC1CCCO. The van der Waals surface area contributed by atoms with Gasteiger partial charge in [-0.2, -0.15) is 0 Å². The minimum absolute atomic E-state index is 0.103. The predicted molar refractivity (Wildman–Crippen MR) is 91.4 cm³/mol. The number of aliphatic hydroxyl groups excluding tert-OH is 1. The zero-order valence-electron chi connectivity index (χ0n) is 14.1. The third kappa shape index (κ3) is 3.67. The molecule has 1 aliphatic heterocycles. The van der Waals surface area contributed by atoms with Gasteiger partial charge in [0.1, 0.15) is 5.76 Å². The summed E-state index contributed by atoms with van der Waals surface area (Å²) >= 11 is 0. The summed E-state index contributed by atoms with van der Waals surface area (Å²) in [6.45, 7) is 2.84. The number of nitrogens with zero attached hydrogens (tertiary/aromatic N) is 2. The highest BCUT2D eigenvalue weighted by molar-refractivity contribution is 5.79. The minimum Gasteiger partial charge on any atom is -0.441 e. The summed E-state index contributed by atoms with van der Waals surface area (Å²) in [5.74, 6) is 1.37. The van der Waals surface area contributed by atoms with Gasteiger partial charge in [-0.1, -0.05) is 18.2 Å². The number of rotatable bonds is 6. The van der Waals surface area contributed by atoms with E-state index in [9.17, 15) is 4.79 Å². The number of aromatic nitrogens is 1. The van der Waals surface area contributed by atoms with Crippen molar-refractivity contribution in [2.45, 2.75) is 45.1 Å². The molecule has 1 atom stereocenters. The van der Waals surface area contributed by atoms with Gasteiger partial charge in [0.05, 0.1) is 12.1 Å². The van der Waals surface area contributed by atoms with Crippen LogP contribution >= 0.6 is 0 Å². The van der Waals surface area contributed by atoms with Crippen molar-refractivity contribution in [3.8, 4) is 11.5 Å². The number of benzene rings is 1. The summed E-state index contributed by atoms with van der Waals surface area (Å²) in [6.07, 6.45) is 3.95. The van der Waals surface area contributed by atoms with E-state index < -0.39 is 0 Å². The average molecular weight is 328 g/mol. The molecule has 2 aromatic rings. The lowest BCUT2D eigenvalue weighted by Crippen LogP contribution is -2.36. The number of hydrogen-bond donors (Lipinski definition) is 1. The molecule has 1 amide bonds. The Bertz CT molecular complexity index is 681. The van der Waals surface area contributed by atoms with E-state index in [0.29, 0.717) is 17.3 Å². The summed E-state index contributed by atoms with van der Waals surface area (Å²) in [7, 11) is 0. The van der Waals surface area contributed by atoms with E-state index in [2.05, 4.69) is 4.98 Å². The third-order valence-corrected chi connectivity index (χ3v) is 4.63. The Morgan fingerprint density at radius 1 is 1.38 bits per heavy atom. The van der Waals surface area contributed by atoms with E-state index >= 15 is 0 Å². The molecule has 24 heavy (non-hydrogen) atoms. The van der Waals surface area contributed by atoms with E-state index in [1.807, 2.05) is 42.2 Å². The van der Waals surface area contributed by atoms with Gasteiger partial charge in [0.15, 0.2) is 0 Å². The summed E-state index contributed by atoms with van der Waals surface area (Å²) in [6, 6.07) is 9.98. The largest absolute Gasteiger partial charge is 0.441 e. The van der Waals surface area contributed by atoms with Crippen LogP contribution < -0.4 is 0 Å². The van der Waals surface area contributed by atoms with E-state index in [4.69, 9.17) is 9.52 Å². The summed E-state index contributed by atoms with van der Waals surface area (Å²) in [5.41, 5.74) is 1.63. The number of carbonyl (C=O) groups excluding carboxylic acids is 1. The maximum Gasteiger partial charge on any atom is 0.228 e. The normalized spacial score (nSPS) is 17.4. The third-order valence-electron chi connectivity index (χ3n) is 4.63. The summed E-state index contributed by atoms with van der Waals surface area (Å²) in [5, 5.41) is 9.01. The molecule has 0 saturated carbocycles. The second-order valence-corrected chi connectivity index (χ2v) is 6.31. The maximum atomic E-state index is 12.7. The highest BCUT2D eigenvalue weighted by Gasteiger charge is 2.29. The molecule has 5 heteroatoms. The van der Waals surface area contributed by atoms with Gasteiger partial charge in [0, 0.05) is 24.8 Å². The molecule has 1 fully saturated rings. The zero-order valence-corrected chi connectivity index (χ0v) is 14.1. The fourth-order valence-corrected chi connectivity index (χ4v) is 3.33. The summed E-state index contributed by atoms with van der Waals surface area (Å²) in [4.78, 5) is 19.1.